The van der Waals surface area contributed by atoms with Gasteiger partial charge in [-0.15, -0.1) is 23.2 Å². The van der Waals surface area contributed by atoms with Crippen LogP contribution < -0.4 is 4.90 Å². The Morgan fingerprint density at radius 3 is 1.94 bits per heavy atom. The van der Waals surface area contributed by atoms with Gasteiger partial charge in [0, 0.05) is 0 Å². The molecule has 1 aliphatic heterocycles. The summed E-state index contributed by atoms with van der Waals surface area (Å²) >= 11 is 23.0. The molecule has 0 N–H and O–H groups in total. The summed E-state index contributed by atoms with van der Waals surface area (Å²) in [6, 6.07) is 4.41. The Morgan fingerprint density at radius 1 is 0.941 bits per heavy atom. The van der Waals surface area contributed by atoms with Crippen molar-refractivity contribution in [3.63, 3.8) is 0 Å². The number of alkyl halides is 2. The van der Waals surface area contributed by atoms with Gasteiger partial charge in [-0.2, -0.15) is 0 Å². The van der Waals surface area contributed by atoms with Crippen molar-refractivity contribution in [3.8, 4) is 0 Å². The van der Waals surface area contributed by atoms with Crippen molar-refractivity contribution in [3.05, 3.63) is 28.2 Å². The minimum atomic E-state index is -1.06. The summed E-state index contributed by atoms with van der Waals surface area (Å²) in [6.07, 6.45) is 0. The van der Waals surface area contributed by atoms with Crippen molar-refractivity contribution in [2.45, 2.75) is 10.8 Å². The van der Waals surface area contributed by atoms with Gasteiger partial charge in [-0.05, 0) is 18.2 Å². The Labute approximate surface area is 117 Å². The molecular formula is C10H5Cl4NO2. The third-order valence-electron chi connectivity index (χ3n) is 2.33. The zero-order chi connectivity index (χ0) is 12.7. The maximum absolute atomic E-state index is 11.7. The van der Waals surface area contributed by atoms with Gasteiger partial charge in [0.25, 0.3) is 11.8 Å². The van der Waals surface area contributed by atoms with Crippen LogP contribution in [-0.4, -0.2) is 22.6 Å². The van der Waals surface area contributed by atoms with Crippen LogP contribution in [0.3, 0.4) is 0 Å². The first-order valence-electron chi connectivity index (χ1n) is 4.54. The topological polar surface area (TPSA) is 37.4 Å². The highest BCUT2D eigenvalue weighted by atomic mass is 35.5. The smallest absolute Gasteiger partial charge is 0.253 e. The molecule has 2 rings (SSSR count). The maximum atomic E-state index is 11.7. The number of imide groups is 1. The van der Waals surface area contributed by atoms with Gasteiger partial charge in [-0.1, -0.05) is 23.2 Å². The van der Waals surface area contributed by atoms with Crippen LogP contribution in [0.4, 0.5) is 5.69 Å². The molecule has 2 amide bonds. The van der Waals surface area contributed by atoms with Crippen LogP contribution >= 0.6 is 46.4 Å². The summed E-state index contributed by atoms with van der Waals surface area (Å²) in [4.78, 5) is 24.4. The fourth-order valence-electron chi connectivity index (χ4n) is 1.48. The van der Waals surface area contributed by atoms with E-state index in [1.165, 1.54) is 18.2 Å². The Bertz CT molecular complexity index is 485. The van der Waals surface area contributed by atoms with E-state index in [9.17, 15) is 9.59 Å². The molecule has 1 aliphatic rings. The number of carbonyl (C=O) groups excluding carboxylic acids is 2. The van der Waals surface area contributed by atoms with Gasteiger partial charge in [0.2, 0.25) is 0 Å². The van der Waals surface area contributed by atoms with Crippen LogP contribution in [0.15, 0.2) is 18.2 Å². The first-order valence-corrected chi connectivity index (χ1v) is 6.17. The van der Waals surface area contributed by atoms with Gasteiger partial charge < -0.3 is 0 Å². The number of amides is 2. The van der Waals surface area contributed by atoms with E-state index < -0.39 is 22.6 Å². The van der Waals surface area contributed by atoms with Gasteiger partial charge >= 0.3 is 0 Å². The molecule has 1 saturated heterocycles. The summed E-state index contributed by atoms with van der Waals surface area (Å²) in [5.74, 6) is -1.12. The normalized spacial score (nSPS) is 24.6. The molecule has 0 spiro atoms. The fourth-order valence-corrected chi connectivity index (χ4v) is 2.19. The van der Waals surface area contributed by atoms with Gasteiger partial charge in [-0.25, -0.2) is 4.90 Å². The number of benzene rings is 1. The second-order valence-corrected chi connectivity index (χ2v) is 5.17. The van der Waals surface area contributed by atoms with Crippen molar-refractivity contribution in [1.82, 2.24) is 0 Å². The molecule has 0 bridgehead atoms. The Balaban J connectivity index is 2.43. The maximum Gasteiger partial charge on any atom is 0.253 e. The monoisotopic (exact) mass is 311 g/mol. The van der Waals surface area contributed by atoms with Crippen LogP contribution in [0.1, 0.15) is 0 Å². The van der Waals surface area contributed by atoms with Crippen molar-refractivity contribution < 1.29 is 9.59 Å². The minimum absolute atomic E-state index is 0.244. The zero-order valence-electron chi connectivity index (χ0n) is 8.16. The van der Waals surface area contributed by atoms with Crippen LogP contribution in [0, 0.1) is 0 Å². The molecule has 3 nitrogen and oxygen atoms in total. The first kappa shape index (κ1) is 13.0. The van der Waals surface area contributed by atoms with Crippen molar-refractivity contribution in [1.29, 1.82) is 0 Å². The predicted molar refractivity (Wildman–Crippen MR) is 68.2 cm³/mol. The van der Waals surface area contributed by atoms with E-state index in [0.29, 0.717) is 10.7 Å². The predicted octanol–water partition coefficient (Wildman–Crippen LogP) is 3.08. The highest BCUT2D eigenvalue weighted by Gasteiger charge is 2.46. The number of rotatable bonds is 1. The van der Waals surface area contributed by atoms with Crippen LogP contribution in [0.25, 0.3) is 0 Å². The second-order valence-electron chi connectivity index (χ2n) is 3.41. The average molecular weight is 313 g/mol. The number of anilines is 1. The highest BCUT2D eigenvalue weighted by molar-refractivity contribution is 6.52. The molecule has 1 unspecified atom stereocenters. The molecular weight excluding hydrogens is 308 g/mol. The van der Waals surface area contributed by atoms with Crippen molar-refractivity contribution in [2.24, 2.45) is 0 Å². The molecule has 0 radical (unpaired) electrons. The lowest BCUT2D eigenvalue weighted by molar-refractivity contribution is -0.121. The second kappa shape index (κ2) is 4.65. The number of nitrogens with zero attached hydrogens (tertiary/aromatic N) is 1. The summed E-state index contributed by atoms with van der Waals surface area (Å²) in [5, 5.41) is -1.54. The van der Waals surface area contributed by atoms with Gasteiger partial charge in [0.05, 0.1) is 15.7 Å². The summed E-state index contributed by atoms with van der Waals surface area (Å²) in [6.45, 7) is 0. The van der Waals surface area contributed by atoms with Gasteiger partial charge in [-0.3, -0.25) is 9.59 Å². The average Bonchev–Trinajstić information content (AvgIpc) is 2.48. The minimum Gasteiger partial charge on any atom is -0.272 e. The summed E-state index contributed by atoms with van der Waals surface area (Å²) in [7, 11) is 0. The molecule has 1 heterocycles. The van der Waals surface area contributed by atoms with E-state index in [0.717, 1.165) is 4.90 Å². The van der Waals surface area contributed by atoms with Crippen molar-refractivity contribution in [2.75, 3.05) is 4.90 Å². The fraction of sp³-hybridized carbons (Fsp3) is 0.200. The molecule has 1 aromatic rings. The number of hydrogen-bond donors (Lipinski definition) is 0. The number of carbonyl (C=O) groups is 2. The third kappa shape index (κ3) is 2.13. The zero-order valence-corrected chi connectivity index (χ0v) is 11.2. The Hall–Kier alpha value is -0.480. The molecule has 17 heavy (non-hydrogen) atoms. The van der Waals surface area contributed by atoms with E-state index in [4.69, 9.17) is 46.4 Å². The molecule has 0 aliphatic carbocycles. The molecule has 7 heteroatoms. The van der Waals surface area contributed by atoms with E-state index in [1.54, 1.807) is 0 Å². The van der Waals surface area contributed by atoms with Crippen LogP contribution in [0.5, 0.6) is 0 Å². The molecule has 2 atom stereocenters. The van der Waals surface area contributed by atoms with Gasteiger partial charge in [0.1, 0.15) is 10.8 Å². The SMILES string of the molecule is O=C1C(Cl)[C@@H](Cl)C(=O)N1c1ccc(Cl)c(Cl)c1. The molecule has 0 aromatic heterocycles. The quantitative estimate of drug-likeness (QED) is 0.590. The number of halogens is 4. The summed E-state index contributed by atoms with van der Waals surface area (Å²) in [5.41, 5.74) is 0.309. The van der Waals surface area contributed by atoms with E-state index >= 15 is 0 Å². The number of hydrogen-bond acceptors (Lipinski definition) is 2. The Kier molecular flexibility index (Phi) is 3.55. The lowest BCUT2D eigenvalue weighted by Gasteiger charge is -2.14. The van der Waals surface area contributed by atoms with Crippen molar-refractivity contribution >= 4 is 63.9 Å². The third-order valence-corrected chi connectivity index (χ3v) is 4.08. The van der Waals surface area contributed by atoms with E-state index in [-0.39, 0.29) is 5.02 Å². The van der Waals surface area contributed by atoms with Crippen LogP contribution in [-0.2, 0) is 9.59 Å². The first-order chi connectivity index (χ1) is 7.93. The molecule has 0 saturated carbocycles. The van der Waals surface area contributed by atoms with Crippen LogP contribution in [0.2, 0.25) is 10.0 Å². The summed E-state index contributed by atoms with van der Waals surface area (Å²) < 4.78 is 0. The lowest BCUT2D eigenvalue weighted by atomic mass is 10.3. The van der Waals surface area contributed by atoms with Gasteiger partial charge in [0.15, 0.2) is 0 Å². The largest absolute Gasteiger partial charge is 0.272 e. The molecule has 1 aromatic carbocycles. The standard InChI is InChI=1S/C10H5Cl4NO2/c11-5-2-1-4(3-6(5)12)15-9(16)7(13)8(14)10(15)17/h1-3,7-8H/t7-,8?/m1/s1. The lowest BCUT2D eigenvalue weighted by Crippen LogP contribution is -2.31. The molecule has 90 valence electrons. The Morgan fingerprint density at radius 2 is 1.47 bits per heavy atom. The van der Waals surface area contributed by atoms with E-state index in [1.807, 2.05) is 0 Å². The molecule has 1 fully saturated rings. The highest BCUT2D eigenvalue weighted by Crippen LogP contribution is 2.32. The van der Waals surface area contributed by atoms with E-state index in [2.05, 4.69) is 0 Å².